The minimum atomic E-state index is -1.90. The van der Waals surface area contributed by atoms with Crippen LogP contribution in [0, 0.1) is 17.8 Å². The van der Waals surface area contributed by atoms with Crippen molar-refractivity contribution in [3.8, 4) is 0 Å². The molecule has 2 heterocycles. The van der Waals surface area contributed by atoms with Gasteiger partial charge in [-0.1, -0.05) is 20.8 Å². The number of methoxy groups -OCH3 is 1. The van der Waals surface area contributed by atoms with Crippen LogP contribution in [-0.2, 0) is 33.2 Å². The summed E-state index contributed by atoms with van der Waals surface area (Å²) in [6.45, 7) is 24.3. The number of amides is 2. The van der Waals surface area contributed by atoms with Gasteiger partial charge in [-0.25, -0.2) is 4.79 Å². The maximum atomic E-state index is 14.5. The Morgan fingerprint density at radius 3 is 2.26 bits per heavy atom. The van der Waals surface area contributed by atoms with Gasteiger partial charge in [-0.05, 0) is 115 Å². The molecule has 0 unspecified atom stereocenters. The van der Waals surface area contributed by atoms with E-state index in [1.165, 1.54) is 14.0 Å². The summed E-state index contributed by atoms with van der Waals surface area (Å²) in [6, 6.07) is -1.27. The zero-order chi connectivity index (χ0) is 47.5. The second-order valence-electron chi connectivity index (χ2n) is 20.1. The van der Waals surface area contributed by atoms with E-state index in [2.05, 4.69) is 10.6 Å². The molecule has 7 N–H and O–H groups in total. The zero-order valence-electron chi connectivity index (χ0n) is 40.9. The lowest BCUT2D eigenvalue weighted by Gasteiger charge is -2.47. The fourth-order valence-electron chi connectivity index (χ4n) is 8.91. The van der Waals surface area contributed by atoms with Crippen LogP contribution in [0.5, 0.6) is 0 Å². The minimum Gasteiger partial charge on any atom is -0.459 e. The fourth-order valence-corrected chi connectivity index (χ4v) is 8.91. The van der Waals surface area contributed by atoms with E-state index in [-0.39, 0.29) is 50.0 Å². The smallest absolute Gasteiger partial charge is 0.315 e. The molecule has 2 rings (SSSR count). The van der Waals surface area contributed by atoms with Gasteiger partial charge < -0.3 is 69.5 Å². The van der Waals surface area contributed by atoms with Gasteiger partial charge in [0, 0.05) is 56.7 Å². The van der Waals surface area contributed by atoms with E-state index in [0.717, 1.165) is 0 Å². The molecule has 2 amide bonds. The standard InChI is InChI=1S/C45H88N4O13/c1-17-34-45(13,56)38(52)30(6)49(21-18-20-46-42(54)47-43(9,10)11)25-26(2)24-44(12,55)39(62-41-36(51)33(48(14)15)23-27(3)58-41)28(4)37(29(5)40(53)60-34)61-35(19-22-57-16)59-32(8)31(7)50/h26-39,41,50-52,55-56H,17-25H2,1-16H3,(H2,46,47,54)/t26-,27-,28+,29-,30-,31-,32+,33+,34-,35+,36-,37+,38-,39-,41+,44-,45-/m1/s1. The minimum absolute atomic E-state index is 0.158. The lowest BCUT2D eigenvalue weighted by Crippen LogP contribution is -2.59. The van der Waals surface area contributed by atoms with Gasteiger partial charge in [-0.3, -0.25) is 9.69 Å². The largest absolute Gasteiger partial charge is 0.459 e. The second kappa shape index (κ2) is 24.7. The molecule has 0 aromatic carbocycles. The van der Waals surface area contributed by atoms with Gasteiger partial charge in [-0.2, -0.15) is 0 Å². The number of nitrogens with zero attached hydrogens (tertiary/aromatic N) is 2. The Kier molecular flexibility index (Phi) is 22.5. The molecule has 2 fully saturated rings. The van der Waals surface area contributed by atoms with E-state index in [1.54, 1.807) is 48.5 Å². The van der Waals surface area contributed by atoms with Gasteiger partial charge in [0.05, 0.1) is 48.6 Å². The first-order valence-electron chi connectivity index (χ1n) is 22.8. The molecule has 0 bridgehead atoms. The van der Waals surface area contributed by atoms with Crippen molar-refractivity contribution in [3.63, 3.8) is 0 Å². The lowest BCUT2D eigenvalue weighted by molar-refractivity contribution is -0.306. The number of hydrogen-bond acceptors (Lipinski definition) is 15. The Morgan fingerprint density at radius 1 is 1.08 bits per heavy atom. The normalized spacial score (nSPS) is 37.7. The quantitative estimate of drug-likeness (QED) is 0.0673. The van der Waals surface area contributed by atoms with Crippen LogP contribution in [-0.4, -0.2) is 185 Å². The highest BCUT2D eigenvalue weighted by molar-refractivity contribution is 5.74. The van der Waals surface area contributed by atoms with E-state index in [0.29, 0.717) is 32.5 Å². The molecule has 0 spiro atoms. The van der Waals surface area contributed by atoms with Crippen LogP contribution in [0.4, 0.5) is 4.79 Å². The van der Waals surface area contributed by atoms with Crippen LogP contribution in [0.2, 0.25) is 0 Å². The third kappa shape index (κ3) is 16.6. The summed E-state index contributed by atoms with van der Waals surface area (Å²) >= 11 is 0. The summed E-state index contributed by atoms with van der Waals surface area (Å²) < 4.78 is 37.5. The number of hydrogen-bond donors (Lipinski definition) is 7. The van der Waals surface area contributed by atoms with Gasteiger partial charge >= 0.3 is 12.0 Å². The Labute approximate surface area is 372 Å². The monoisotopic (exact) mass is 893 g/mol. The number of rotatable bonds is 16. The van der Waals surface area contributed by atoms with Crippen LogP contribution in [0.3, 0.4) is 0 Å². The number of likely N-dealkylation sites (N-methyl/N-ethyl adjacent to an activating group) is 1. The number of urea groups is 1. The molecule has 0 saturated carbocycles. The van der Waals surface area contributed by atoms with Crippen LogP contribution in [0.1, 0.15) is 122 Å². The summed E-state index contributed by atoms with van der Waals surface area (Å²) in [7, 11) is 5.29. The van der Waals surface area contributed by atoms with E-state index < -0.39 is 95.9 Å². The van der Waals surface area contributed by atoms with Crippen LogP contribution >= 0.6 is 0 Å². The van der Waals surface area contributed by atoms with Crippen molar-refractivity contribution in [3.05, 3.63) is 0 Å². The van der Waals surface area contributed by atoms with Crippen LogP contribution in [0.25, 0.3) is 0 Å². The number of cyclic esters (lactones) is 1. The molecule has 2 aliphatic heterocycles. The number of aliphatic hydroxyl groups is 5. The van der Waals surface area contributed by atoms with E-state index in [1.807, 2.05) is 58.5 Å². The number of carbonyl (C=O) groups is 2. The topological polar surface area (TPSA) is 221 Å². The van der Waals surface area contributed by atoms with Gasteiger partial charge in [-0.15, -0.1) is 0 Å². The van der Waals surface area contributed by atoms with Crippen molar-refractivity contribution >= 4 is 12.0 Å². The van der Waals surface area contributed by atoms with Gasteiger partial charge in [0.25, 0.3) is 0 Å². The van der Waals surface area contributed by atoms with E-state index >= 15 is 0 Å². The predicted molar refractivity (Wildman–Crippen MR) is 236 cm³/mol. The van der Waals surface area contributed by atoms with Crippen LogP contribution in [0.15, 0.2) is 0 Å². The highest BCUT2D eigenvalue weighted by Crippen LogP contribution is 2.38. The molecule has 0 aromatic rings. The molecule has 17 heteroatoms. The van der Waals surface area contributed by atoms with E-state index in [9.17, 15) is 35.1 Å². The zero-order valence-corrected chi connectivity index (χ0v) is 40.9. The summed E-state index contributed by atoms with van der Waals surface area (Å²) in [4.78, 5) is 30.9. The first-order valence-corrected chi connectivity index (χ1v) is 22.8. The molecule has 2 aliphatic rings. The first-order chi connectivity index (χ1) is 28.6. The van der Waals surface area contributed by atoms with Crippen molar-refractivity contribution in [2.45, 2.75) is 212 Å². The Morgan fingerprint density at radius 2 is 1.71 bits per heavy atom. The summed E-state index contributed by atoms with van der Waals surface area (Å²) in [5.41, 5.74) is -3.96. The maximum absolute atomic E-state index is 14.5. The van der Waals surface area contributed by atoms with Gasteiger partial charge in [0.1, 0.15) is 23.9 Å². The molecular weight excluding hydrogens is 805 g/mol. The van der Waals surface area contributed by atoms with Crippen LogP contribution < -0.4 is 10.6 Å². The van der Waals surface area contributed by atoms with Crippen molar-refractivity contribution in [1.29, 1.82) is 0 Å². The third-order valence-electron chi connectivity index (χ3n) is 12.6. The Bertz CT molecular complexity index is 1330. The third-order valence-corrected chi connectivity index (χ3v) is 12.6. The lowest BCUT2D eigenvalue weighted by atomic mass is 9.77. The fraction of sp³-hybridized carbons (Fsp3) is 0.956. The molecule has 0 aromatic heterocycles. The highest BCUT2D eigenvalue weighted by atomic mass is 16.7. The number of ether oxygens (including phenoxy) is 6. The van der Waals surface area contributed by atoms with Gasteiger partial charge in [0.15, 0.2) is 12.6 Å². The van der Waals surface area contributed by atoms with Crippen molar-refractivity contribution < 1.29 is 63.5 Å². The maximum Gasteiger partial charge on any atom is 0.315 e. The molecule has 366 valence electrons. The van der Waals surface area contributed by atoms with Crippen molar-refractivity contribution in [1.82, 2.24) is 20.4 Å². The summed E-state index contributed by atoms with van der Waals surface area (Å²) in [5, 5.41) is 64.7. The van der Waals surface area contributed by atoms with Gasteiger partial charge in [0.2, 0.25) is 0 Å². The molecule has 17 atom stereocenters. The van der Waals surface area contributed by atoms with Crippen molar-refractivity contribution in [2.24, 2.45) is 17.8 Å². The molecule has 17 nitrogen and oxygen atoms in total. The molecule has 0 radical (unpaired) electrons. The molecule has 2 saturated heterocycles. The number of esters is 1. The SMILES string of the molecule is CC[C@H]1OC(=O)[C@H](C)[C@@H](O[C@@H](CCOC)O[C@@H](C)[C@@H](C)O)[C@H](C)[C@@H](O[C@@H]2O[C@H](C)C[C@H](N(C)C)[C@H]2O)[C@](C)(O)C[C@@H](C)CN(CCCNC(=O)NC(C)(C)C)[C@H](C)[C@@H](O)[C@]1(C)O. The Hall–Kier alpha value is -1.74. The predicted octanol–water partition coefficient (Wildman–Crippen LogP) is 3.01. The molecule has 0 aliphatic carbocycles. The second-order valence-corrected chi connectivity index (χ2v) is 20.1. The number of aliphatic hydroxyl groups excluding tert-OH is 3. The summed E-state index contributed by atoms with van der Waals surface area (Å²) in [6.07, 6.45) is -8.14. The average molecular weight is 893 g/mol. The van der Waals surface area contributed by atoms with Crippen molar-refractivity contribution in [2.75, 3.05) is 47.4 Å². The number of carbonyl (C=O) groups excluding carboxylic acids is 2. The molecule has 62 heavy (non-hydrogen) atoms. The number of nitrogens with one attached hydrogen (secondary N) is 2. The summed E-state index contributed by atoms with van der Waals surface area (Å²) in [5.74, 6) is -2.85. The Balaban J connectivity index is 2.77. The average Bonchev–Trinajstić information content (AvgIpc) is 3.16. The first kappa shape index (κ1) is 56.4. The van der Waals surface area contributed by atoms with E-state index in [4.69, 9.17) is 28.4 Å². The molecular formula is C45H88N4O13. The highest BCUT2D eigenvalue weighted by Gasteiger charge is 2.51.